The summed E-state index contributed by atoms with van der Waals surface area (Å²) in [7, 11) is 1.88. The van der Waals surface area contributed by atoms with Crippen molar-refractivity contribution < 1.29 is 27.8 Å². The summed E-state index contributed by atoms with van der Waals surface area (Å²) >= 11 is 0. The molecule has 1 aromatic rings. The molecule has 130 valence electrons. The monoisotopic (exact) mass is 333 g/mol. The number of carbonyl (C=O) groups is 1. The number of aryl methyl sites for hydroxylation is 2. The van der Waals surface area contributed by atoms with Crippen molar-refractivity contribution in [3.63, 3.8) is 0 Å². The second-order valence-electron chi connectivity index (χ2n) is 5.70. The van der Waals surface area contributed by atoms with Crippen molar-refractivity contribution in [1.29, 1.82) is 0 Å². The van der Waals surface area contributed by atoms with Gasteiger partial charge in [-0.25, -0.2) is 0 Å². The topological polar surface area (TPSA) is 49.8 Å². The molecule has 0 amide bonds. The Balaban J connectivity index is 2.66. The van der Waals surface area contributed by atoms with Gasteiger partial charge in [-0.15, -0.1) is 0 Å². The molecule has 0 atom stereocenters. The molecule has 0 fully saturated rings. The van der Waals surface area contributed by atoms with Gasteiger partial charge in [-0.2, -0.15) is 13.2 Å². The van der Waals surface area contributed by atoms with Crippen LogP contribution in [0.2, 0.25) is 0 Å². The number of carboxylic acid groups (broad SMARTS) is 1. The fourth-order valence-corrected chi connectivity index (χ4v) is 2.40. The van der Waals surface area contributed by atoms with Gasteiger partial charge in [-0.1, -0.05) is 12.1 Å². The van der Waals surface area contributed by atoms with E-state index in [2.05, 4.69) is 0 Å². The zero-order chi connectivity index (χ0) is 17.6. The molecular weight excluding hydrogens is 311 g/mol. The number of aliphatic carboxylic acids is 1. The predicted molar refractivity (Wildman–Crippen MR) is 80.7 cm³/mol. The van der Waals surface area contributed by atoms with E-state index < -0.39 is 18.8 Å². The van der Waals surface area contributed by atoms with Crippen LogP contribution in [0.4, 0.5) is 13.2 Å². The maximum absolute atomic E-state index is 12.3. The van der Waals surface area contributed by atoms with Gasteiger partial charge in [0, 0.05) is 13.0 Å². The molecule has 0 aliphatic rings. The first kappa shape index (κ1) is 19.3. The van der Waals surface area contributed by atoms with E-state index in [4.69, 9.17) is 9.84 Å². The van der Waals surface area contributed by atoms with Crippen LogP contribution >= 0.6 is 0 Å². The predicted octanol–water partition coefficient (Wildman–Crippen LogP) is 3.54. The van der Waals surface area contributed by atoms with Crippen molar-refractivity contribution in [2.24, 2.45) is 0 Å². The Morgan fingerprint density at radius 1 is 1.26 bits per heavy atom. The van der Waals surface area contributed by atoms with Crippen LogP contribution in [-0.4, -0.2) is 42.4 Å². The third-order valence-electron chi connectivity index (χ3n) is 3.28. The molecule has 23 heavy (non-hydrogen) atoms. The lowest BCUT2D eigenvalue weighted by molar-refractivity contribution is -0.153. The summed E-state index contributed by atoms with van der Waals surface area (Å²) in [5.74, 6) is -0.559. The molecule has 0 unspecified atom stereocenters. The standard InChI is InChI=1S/C16H22F3NO3/c1-11-7-13(9-20(3)6-4-5-14(21)22)8-12(2)15(11)23-10-16(17,18)19/h7-8H,4-6,9-10H2,1-3H3,(H,21,22). The van der Waals surface area contributed by atoms with Crippen molar-refractivity contribution >= 4 is 5.97 Å². The summed E-state index contributed by atoms with van der Waals surface area (Å²) in [5.41, 5.74) is 2.27. The fraction of sp³-hybridized carbons (Fsp3) is 0.562. The summed E-state index contributed by atoms with van der Waals surface area (Å²) in [6.45, 7) is 3.36. The van der Waals surface area contributed by atoms with Gasteiger partial charge in [-0.3, -0.25) is 4.79 Å². The molecule has 1 rings (SSSR count). The van der Waals surface area contributed by atoms with Crippen molar-refractivity contribution in [2.75, 3.05) is 20.2 Å². The Labute approximate surface area is 133 Å². The number of alkyl halides is 3. The molecule has 7 heteroatoms. The highest BCUT2D eigenvalue weighted by Gasteiger charge is 2.29. The zero-order valence-corrected chi connectivity index (χ0v) is 13.5. The zero-order valence-electron chi connectivity index (χ0n) is 13.5. The number of hydrogen-bond acceptors (Lipinski definition) is 3. The van der Waals surface area contributed by atoms with Gasteiger partial charge in [0.15, 0.2) is 6.61 Å². The average molecular weight is 333 g/mol. The van der Waals surface area contributed by atoms with Gasteiger partial charge in [-0.05, 0) is 50.6 Å². The highest BCUT2D eigenvalue weighted by molar-refractivity contribution is 5.66. The van der Waals surface area contributed by atoms with Crippen molar-refractivity contribution in [3.8, 4) is 5.75 Å². The van der Waals surface area contributed by atoms with E-state index in [1.807, 2.05) is 11.9 Å². The quantitative estimate of drug-likeness (QED) is 0.790. The summed E-state index contributed by atoms with van der Waals surface area (Å²) in [4.78, 5) is 12.5. The van der Waals surface area contributed by atoms with Crippen LogP contribution in [-0.2, 0) is 11.3 Å². The molecule has 0 aromatic heterocycles. The molecule has 0 aliphatic heterocycles. The van der Waals surface area contributed by atoms with Crippen molar-refractivity contribution in [3.05, 3.63) is 28.8 Å². The second kappa shape index (κ2) is 8.19. The van der Waals surface area contributed by atoms with Crippen LogP contribution in [0.15, 0.2) is 12.1 Å². The van der Waals surface area contributed by atoms with E-state index >= 15 is 0 Å². The van der Waals surface area contributed by atoms with Crippen LogP contribution in [0.5, 0.6) is 5.75 Å². The summed E-state index contributed by atoms with van der Waals surface area (Å²) in [6.07, 6.45) is -3.69. The Hall–Kier alpha value is -1.76. The van der Waals surface area contributed by atoms with Crippen LogP contribution in [0.3, 0.4) is 0 Å². The first-order valence-electron chi connectivity index (χ1n) is 7.28. The highest BCUT2D eigenvalue weighted by atomic mass is 19.4. The minimum absolute atomic E-state index is 0.118. The average Bonchev–Trinajstić information content (AvgIpc) is 2.35. The minimum Gasteiger partial charge on any atom is -0.484 e. The minimum atomic E-state index is -4.36. The first-order valence-corrected chi connectivity index (χ1v) is 7.28. The Kier molecular flexibility index (Phi) is 6.87. The number of ether oxygens (including phenoxy) is 1. The van der Waals surface area contributed by atoms with E-state index in [0.29, 0.717) is 30.6 Å². The van der Waals surface area contributed by atoms with Gasteiger partial charge in [0.05, 0.1) is 0 Å². The third kappa shape index (κ3) is 7.36. The first-order chi connectivity index (χ1) is 10.6. The van der Waals surface area contributed by atoms with Crippen molar-refractivity contribution in [1.82, 2.24) is 4.90 Å². The van der Waals surface area contributed by atoms with E-state index in [1.165, 1.54) is 0 Å². The lowest BCUT2D eigenvalue weighted by Crippen LogP contribution is -2.21. The fourth-order valence-electron chi connectivity index (χ4n) is 2.40. The molecule has 0 radical (unpaired) electrons. The summed E-state index contributed by atoms with van der Waals surface area (Å²) in [6, 6.07) is 3.60. The van der Waals surface area contributed by atoms with Gasteiger partial charge < -0.3 is 14.7 Å². The molecule has 0 spiro atoms. The largest absolute Gasteiger partial charge is 0.484 e. The van der Waals surface area contributed by atoms with Crippen LogP contribution in [0, 0.1) is 13.8 Å². The van der Waals surface area contributed by atoms with E-state index in [0.717, 1.165) is 5.56 Å². The molecule has 0 saturated heterocycles. The number of hydrogen-bond donors (Lipinski definition) is 1. The number of rotatable bonds is 8. The maximum Gasteiger partial charge on any atom is 0.422 e. The molecule has 1 aromatic carbocycles. The van der Waals surface area contributed by atoms with Crippen molar-refractivity contribution in [2.45, 2.75) is 39.4 Å². The normalized spacial score (nSPS) is 11.8. The Bertz CT molecular complexity index is 521. The smallest absolute Gasteiger partial charge is 0.422 e. The molecule has 0 bridgehead atoms. The number of benzene rings is 1. The molecule has 0 aliphatic carbocycles. The number of carboxylic acids is 1. The van der Waals surface area contributed by atoms with Gasteiger partial charge >= 0.3 is 12.1 Å². The Morgan fingerprint density at radius 2 is 1.83 bits per heavy atom. The second-order valence-corrected chi connectivity index (χ2v) is 5.70. The third-order valence-corrected chi connectivity index (χ3v) is 3.28. The SMILES string of the molecule is Cc1cc(CN(C)CCCC(=O)O)cc(C)c1OCC(F)(F)F. The van der Waals surface area contributed by atoms with Gasteiger partial charge in [0.1, 0.15) is 5.75 Å². The summed E-state index contributed by atoms with van der Waals surface area (Å²) in [5, 5.41) is 8.61. The van der Waals surface area contributed by atoms with E-state index in [9.17, 15) is 18.0 Å². The maximum atomic E-state index is 12.3. The van der Waals surface area contributed by atoms with Gasteiger partial charge in [0.2, 0.25) is 0 Å². The molecule has 0 heterocycles. The molecule has 4 nitrogen and oxygen atoms in total. The lowest BCUT2D eigenvalue weighted by atomic mass is 10.1. The lowest BCUT2D eigenvalue weighted by Gasteiger charge is -2.19. The number of halogens is 3. The number of nitrogens with zero attached hydrogens (tertiary/aromatic N) is 1. The van der Waals surface area contributed by atoms with Gasteiger partial charge in [0.25, 0.3) is 0 Å². The van der Waals surface area contributed by atoms with Crippen LogP contribution in [0.25, 0.3) is 0 Å². The summed E-state index contributed by atoms with van der Waals surface area (Å²) < 4.78 is 41.7. The highest BCUT2D eigenvalue weighted by Crippen LogP contribution is 2.27. The molecule has 0 saturated carbocycles. The van der Waals surface area contributed by atoms with E-state index in [1.54, 1.807) is 26.0 Å². The van der Waals surface area contributed by atoms with E-state index in [-0.39, 0.29) is 12.2 Å². The molecular formula is C16H22F3NO3. The van der Waals surface area contributed by atoms with Crippen LogP contribution < -0.4 is 4.74 Å². The Morgan fingerprint density at radius 3 is 2.30 bits per heavy atom. The molecule has 1 N–H and O–H groups in total. The van der Waals surface area contributed by atoms with Crippen LogP contribution in [0.1, 0.15) is 29.5 Å².